The van der Waals surface area contributed by atoms with Crippen molar-refractivity contribution in [2.75, 3.05) is 26.9 Å². The molecule has 8 heteroatoms. The Bertz CT molecular complexity index is 1070. The van der Waals surface area contributed by atoms with Gasteiger partial charge in [0.05, 0.1) is 7.11 Å². The summed E-state index contributed by atoms with van der Waals surface area (Å²) in [5.74, 6) is 0.257. The smallest absolute Gasteiger partial charge is 0.335 e. The quantitative estimate of drug-likeness (QED) is 0.145. The van der Waals surface area contributed by atoms with Gasteiger partial charge in [-0.1, -0.05) is 54.5 Å². The molecule has 3 aromatic rings. The molecule has 3 rings (SSSR count). The molecule has 0 spiro atoms. The maximum atomic E-state index is 12.0. The first-order valence-corrected chi connectivity index (χ1v) is 12.1. The van der Waals surface area contributed by atoms with Crippen molar-refractivity contribution in [2.45, 2.75) is 32.8 Å². The first-order valence-electron chi connectivity index (χ1n) is 11.3. The Labute approximate surface area is 204 Å². The van der Waals surface area contributed by atoms with Gasteiger partial charge in [0.2, 0.25) is 0 Å². The first kappa shape index (κ1) is 25.4. The van der Waals surface area contributed by atoms with Gasteiger partial charge in [-0.15, -0.1) is 11.3 Å². The minimum atomic E-state index is -0.656. The van der Waals surface area contributed by atoms with Gasteiger partial charge in [-0.25, -0.2) is 9.78 Å². The van der Waals surface area contributed by atoms with E-state index in [0.29, 0.717) is 31.1 Å². The molecule has 0 saturated carbocycles. The van der Waals surface area contributed by atoms with Crippen molar-refractivity contribution in [3.63, 3.8) is 0 Å². The summed E-state index contributed by atoms with van der Waals surface area (Å²) in [5, 5.41) is 7.16. The van der Waals surface area contributed by atoms with Gasteiger partial charge in [0.15, 0.2) is 6.10 Å². The van der Waals surface area contributed by atoms with E-state index in [0.717, 1.165) is 28.2 Å². The largest absolute Gasteiger partial charge is 0.487 e. The summed E-state index contributed by atoms with van der Waals surface area (Å²) >= 11 is 1.55. The number of benzene rings is 2. The van der Waals surface area contributed by atoms with Gasteiger partial charge >= 0.3 is 5.97 Å². The molecule has 0 aliphatic carbocycles. The van der Waals surface area contributed by atoms with Crippen molar-refractivity contribution < 1.29 is 23.8 Å². The Hall–Kier alpha value is -3.23. The van der Waals surface area contributed by atoms with Crippen molar-refractivity contribution >= 4 is 23.0 Å². The van der Waals surface area contributed by atoms with Crippen LogP contribution < -0.4 is 4.74 Å². The van der Waals surface area contributed by atoms with Crippen molar-refractivity contribution in [3.8, 4) is 16.3 Å². The topological polar surface area (TPSA) is 79.2 Å². The van der Waals surface area contributed by atoms with Crippen LogP contribution in [0.15, 0.2) is 65.1 Å². The third-order valence-corrected chi connectivity index (χ3v) is 5.71. The number of hydrogen-bond acceptors (Lipinski definition) is 8. The number of methoxy groups -OCH3 is 1. The minimum absolute atomic E-state index is 0.191. The summed E-state index contributed by atoms with van der Waals surface area (Å²) in [7, 11) is 1.36. The van der Waals surface area contributed by atoms with E-state index in [9.17, 15) is 4.79 Å². The number of nitrogens with zero attached hydrogens (tertiary/aromatic N) is 2. The SMILES string of the molecule is CCCO/N=C(\COc1cccc(CC(OCC)C(=O)OC)c1)c1csc(-c2ccccc2)n1. The molecule has 0 saturated heterocycles. The average molecular weight is 483 g/mol. The van der Waals surface area contributed by atoms with Gasteiger partial charge in [-0.05, 0) is 31.0 Å². The van der Waals surface area contributed by atoms with E-state index in [4.69, 9.17) is 24.0 Å². The summed E-state index contributed by atoms with van der Waals surface area (Å²) in [5.41, 5.74) is 3.29. The molecule has 0 aliphatic rings. The number of carbonyl (C=O) groups is 1. The fourth-order valence-corrected chi connectivity index (χ4v) is 3.99. The molecule has 0 bridgehead atoms. The molecule has 7 nitrogen and oxygen atoms in total. The average Bonchev–Trinajstić information content (AvgIpc) is 3.36. The molecule has 1 unspecified atom stereocenters. The number of hydrogen-bond donors (Lipinski definition) is 0. The third-order valence-electron chi connectivity index (χ3n) is 4.82. The van der Waals surface area contributed by atoms with Crippen molar-refractivity contribution in [3.05, 3.63) is 71.2 Å². The Balaban J connectivity index is 1.72. The first-order chi connectivity index (χ1) is 16.6. The summed E-state index contributed by atoms with van der Waals surface area (Å²) < 4.78 is 16.4. The number of esters is 1. The van der Waals surface area contributed by atoms with Crippen molar-refractivity contribution in [1.82, 2.24) is 4.98 Å². The van der Waals surface area contributed by atoms with Crippen LogP contribution in [0.3, 0.4) is 0 Å². The number of oxime groups is 1. The van der Waals surface area contributed by atoms with Gasteiger partial charge < -0.3 is 19.0 Å². The lowest BCUT2D eigenvalue weighted by Crippen LogP contribution is -2.28. The third kappa shape index (κ3) is 7.40. The van der Waals surface area contributed by atoms with Crippen LogP contribution in [0.5, 0.6) is 5.75 Å². The van der Waals surface area contributed by atoms with Crippen LogP contribution in [-0.4, -0.2) is 49.7 Å². The molecular weight excluding hydrogens is 452 g/mol. The maximum absolute atomic E-state index is 12.0. The van der Waals surface area contributed by atoms with E-state index in [-0.39, 0.29) is 6.61 Å². The van der Waals surface area contributed by atoms with Crippen molar-refractivity contribution in [2.24, 2.45) is 5.16 Å². The lowest BCUT2D eigenvalue weighted by molar-refractivity contribution is -0.153. The Morgan fingerprint density at radius 3 is 2.68 bits per heavy atom. The van der Waals surface area contributed by atoms with Gasteiger partial charge in [0.25, 0.3) is 0 Å². The van der Waals surface area contributed by atoms with E-state index >= 15 is 0 Å². The number of thiazole rings is 1. The van der Waals surface area contributed by atoms with E-state index < -0.39 is 12.1 Å². The molecule has 0 amide bonds. The molecule has 1 atom stereocenters. The molecule has 1 aromatic heterocycles. The molecule has 2 aromatic carbocycles. The zero-order valence-electron chi connectivity index (χ0n) is 19.7. The van der Waals surface area contributed by atoms with E-state index in [1.54, 1.807) is 11.3 Å². The molecule has 0 N–H and O–H groups in total. The number of carbonyl (C=O) groups excluding carboxylic acids is 1. The predicted octanol–water partition coefficient (Wildman–Crippen LogP) is 5.14. The van der Waals surface area contributed by atoms with Crippen LogP contribution in [0.25, 0.3) is 10.6 Å². The van der Waals surface area contributed by atoms with Crippen LogP contribution in [0, 0.1) is 0 Å². The zero-order chi connectivity index (χ0) is 24.2. The van der Waals surface area contributed by atoms with Gasteiger partial charge in [0.1, 0.15) is 35.4 Å². The molecule has 1 heterocycles. The van der Waals surface area contributed by atoms with Crippen LogP contribution >= 0.6 is 11.3 Å². The lowest BCUT2D eigenvalue weighted by Gasteiger charge is -2.15. The number of rotatable bonds is 13. The highest BCUT2D eigenvalue weighted by molar-refractivity contribution is 7.13. The van der Waals surface area contributed by atoms with Gasteiger partial charge in [0, 0.05) is 24.0 Å². The summed E-state index contributed by atoms with van der Waals surface area (Å²) in [4.78, 5) is 22.2. The lowest BCUT2D eigenvalue weighted by atomic mass is 10.1. The second kappa shape index (κ2) is 13.5. The zero-order valence-corrected chi connectivity index (χ0v) is 20.5. The monoisotopic (exact) mass is 482 g/mol. The van der Waals surface area contributed by atoms with E-state index in [2.05, 4.69) is 5.16 Å². The Morgan fingerprint density at radius 1 is 1.12 bits per heavy atom. The number of aromatic nitrogens is 1. The number of ether oxygens (including phenoxy) is 3. The second-order valence-electron chi connectivity index (χ2n) is 7.38. The van der Waals surface area contributed by atoms with E-state index in [1.807, 2.05) is 73.8 Å². The molecule has 0 radical (unpaired) electrons. The normalized spacial score (nSPS) is 12.3. The van der Waals surface area contributed by atoms with Crippen LogP contribution in [0.2, 0.25) is 0 Å². The molecule has 34 heavy (non-hydrogen) atoms. The van der Waals surface area contributed by atoms with Crippen LogP contribution in [0.1, 0.15) is 31.5 Å². The molecular formula is C26H30N2O5S. The Kier molecular flexibility index (Phi) is 10.1. The summed E-state index contributed by atoms with van der Waals surface area (Å²) in [6, 6.07) is 17.6. The van der Waals surface area contributed by atoms with Gasteiger partial charge in [-0.2, -0.15) is 0 Å². The van der Waals surface area contributed by atoms with Crippen LogP contribution in [0.4, 0.5) is 0 Å². The molecule has 0 fully saturated rings. The Morgan fingerprint density at radius 2 is 1.94 bits per heavy atom. The molecule has 0 aliphatic heterocycles. The second-order valence-corrected chi connectivity index (χ2v) is 8.24. The highest BCUT2D eigenvalue weighted by Gasteiger charge is 2.20. The minimum Gasteiger partial charge on any atom is -0.487 e. The standard InChI is InChI=1S/C26H30N2O5S/c1-4-14-33-28-22(23-18-34-25(27-23)20-11-7-6-8-12-20)17-32-21-13-9-10-19(15-21)16-24(31-5-2)26(29)30-3/h6-13,15,18,24H,4-5,14,16-17H2,1-3H3/b28-22+. The predicted molar refractivity (Wildman–Crippen MR) is 133 cm³/mol. The molecule has 180 valence electrons. The fourth-order valence-electron chi connectivity index (χ4n) is 3.15. The fraction of sp³-hybridized carbons (Fsp3) is 0.346. The highest BCUT2D eigenvalue weighted by Crippen LogP contribution is 2.24. The van der Waals surface area contributed by atoms with Gasteiger partial charge in [-0.3, -0.25) is 0 Å². The highest BCUT2D eigenvalue weighted by atomic mass is 32.1. The summed E-state index contributed by atoms with van der Waals surface area (Å²) in [6.07, 6.45) is 0.592. The summed E-state index contributed by atoms with van der Waals surface area (Å²) in [6.45, 7) is 5.00. The van der Waals surface area contributed by atoms with E-state index in [1.165, 1.54) is 7.11 Å². The van der Waals surface area contributed by atoms with Crippen LogP contribution in [-0.2, 0) is 25.5 Å². The van der Waals surface area contributed by atoms with Crippen molar-refractivity contribution in [1.29, 1.82) is 0 Å². The maximum Gasteiger partial charge on any atom is 0.335 e.